The highest BCUT2D eigenvalue weighted by atomic mass is 32.2. The van der Waals surface area contributed by atoms with Crippen molar-refractivity contribution >= 4 is 32.4 Å². The summed E-state index contributed by atoms with van der Waals surface area (Å²) in [7, 11) is -3.23. The first-order chi connectivity index (χ1) is 13.4. The number of fused-ring (bicyclic) bond motifs is 1. The Balaban J connectivity index is 1.57. The SMILES string of the molecule is CS(=O)(=O)N1CCc2nc(NC(=O)C3(c4ccccc4)CCOCC3)sc2C1. The summed E-state index contributed by atoms with van der Waals surface area (Å²) in [6.45, 7) is 1.83. The monoisotopic (exact) mass is 421 g/mol. The predicted octanol–water partition coefficient (Wildman–Crippen LogP) is 2.15. The number of thiazole rings is 1. The number of rotatable bonds is 4. The highest BCUT2D eigenvalue weighted by Crippen LogP contribution is 2.37. The van der Waals surface area contributed by atoms with Gasteiger partial charge in [-0.15, -0.1) is 11.3 Å². The average molecular weight is 422 g/mol. The van der Waals surface area contributed by atoms with E-state index in [1.807, 2.05) is 30.3 Å². The molecule has 0 saturated carbocycles. The molecular weight excluding hydrogens is 398 g/mol. The van der Waals surface area contributed by atoms with Crippen molar-refractivity contribution in [3.05, 3.63) is 46.5 Å². The van der Waals surface area contributed by atoms with Gasteiger partial charge in [0.1, 0.15) is 0 Å². The van der Waals surface area contributed by atoms with Gasteiger partial charge >= 0.3 is 0 Å². The third-order valence-corrected chi connectivity index (χ3v) is 7.74. The Kier molecular flexibility index (Phi) is 5.26. The van der Waals surface area contributed by atoms with Crippen LogP contribution in [0.3, 0.4) is 0 Å². The Morgan fingerprint density at radius 2 is 1.96 bits per heavy atom. The Bertz CT molecular complexity index is 966. The zero-order valence-electron chi connectivity index (χ0n) is 15.7. The molecule has 3 heterocycles. The third kappa shape index (κ3) is 3.71. The van der Waals surface area contributed by atoms with Crippen LogP contribution >= 0.6 is 11.3 Å². The molecule has 1 fully saturated rings. The number of sulfonamides is 1. The van der Waals surface area contributed by atoms with Gasteiger partial charge in [-0.2, -0.15) is 4.31 Å². The number of nitrogens with one attached hydrogen (secondary N) is 1. The number of nitrogens with zero attached hydrogens (tertiary/aromatic N) is 2. The number of hydrogen-bond donors (Lipinski definition) is 1. The minimum atomic E-state index is -3.23. The smallest absolute Gasteiger partial charge is 0.236 e. The van der Waals surface area contributed by atoms with Crippen molar-refractivity contribution < 1.29 is 17.9 Å². The first-order valence-corrected chi connectivity index (χ1v) is 11.9. The fraction of sp³-hybridized carbons (Fsp3) is 0.474. The Labute approximate surface area is 168 Å². The first-order valence-electron chi connectivity index (χ1n) is 9.27. The molecule has 28 heavy (non-hydrogen) atoms. The molecule has 0 aliphatic carbocycles. The summed E-state index contributed by atoms with van der Waals surface area (Å²) in [5.41, 5.74) is 1.23. The van der Waals surface area contributed by atoms with Crippen LogP contribution in [0.4, 0.5) is 5.13 Å². The van der Waals surface area contributed by atoms with E-state index in [9.17, 15) is 13.2 Å². The largest absolute Gasteiger partial charge is 0.381 e. The van der Waals surface area contributed by atoms with Crippen LogP contribution in [0.5, 0.6) is 0 Å². The summed E-state index contributed by atoms with van der Waals surface area (Å²) in [4.78, 5) is 18.8. The van der Waals surface area contributed by atoms with Gasteiger partial charge in [-0.25, -0.2) is 13.4 Å². The van der Waals surface area contributed by atoms with E-state index in [4.69, 9.17) is 4.74 Å². The number of ether oxygens (including phenoxy) is 1. The normalized spacial score (nSPS) is 19.8. The minimum absolute atomic E-state index is 0.0759. The van der Waals surface area contributed by atoms with Crippen LogP contribution in [0.25, 0.3) is 0 Å². The lowest BCUT2D eigenvalue weighted by Crippen LogP contribution is -2.44. The Hall–Kier alpha value is -1.81. The molecule has 0 bridgehead atoms. The van der Waals surface area contributed by atoms with E-state index in [1.54, 1.807) is 0 Å². The van der Waals surface area contributed by atoms with Gasteiger partial charge in [-0.3, -0.25) is 4.79 Å². The average Bonchev–Trinajstić information content (AvgIpc) is 3.10. The topological polar surface area (TPSA) is 88.6 Å². The van der Waals surface area contributed by atoms with Gasteiger partial charge < -0.3 is 10.1 Å². The van der Waals surface area contributed by atoms with E-state index in [0.29, 0.717) is 50.7 Å². The zero-order valence-corrected chi connectivity index (χ0v) is 17.3. The maximum Gasteiger partial charge on any atom is 0.236 e. The van der Waals surface area contributed by atoms with Crippen LogP contribution in [-0.4, -0.2) is 49.6 Å². The highest BCUT2D eigenvalue weighted by Gasteiger charge is 2.42. The molecule has 7 nitrogen and oxygen atoms in total. The van der Waals surface area contributed by atoms with Crippen molar-refractivity contribution in [2.24, 2.45) is 0 Å². The quantitative estimate of drug-likeness (QED) is 0.817. The molecule has 1 aromatic carbocycles. The van der Waals surface area contributed by atoms with E-state index in [-0.39, 0.29) is 5.91 Å². The molecule has 2 aliphatic rings. The summed E-state index contributed by atoms with van der Waals surface area (Å²) in [6.07, 6.45) is 3.02. The van der Waals surface area contributed by atoms with Crippen molar-refractivity contribution in [3.63, 3.8) is 0 Å². The van der Waals surface area contributed by atoms with Crippen molar-refractivity contribution in [2.75, 3.05) is 31.3 Å². The molecular formula is C19H23N3O4S2. The number of hydrogen-bond acceptors (Lipinski definition) is 6. The van der Waals surface area contributed by atoms with Gasteiger partial charge in [0, 0.05) is 37.6 Å². The molecule has 0 unspecified atom stereocenters. The van der Waals surface area contributed by atoms with Gasteiger partial charge in [-0.1, -0.05) is 30.3 Å². The summed E-state index contributed by atoms with van der Waals surface area (Å²) in [6, 6.07) is 9.81. The second-order valence-corrected chi connectivity index (χ2v) is 10.3. The van der Waals surface area contributed by atoms with Gasteiger partial charge in [0.15, 0.2) is 5.13 Å². The van der Waals surface area contributed by atoms with Crippen LogP contribution in [0, 0.1) is 0 Å². The standard InChI is InChI=1S/C19H23N3O4S2/c1-28(24,25)22-10-7-15-16(13-22)27-18(20-15)21-17(23)19(8-11-26-12-9-19)14-5-3-2-4-6-14/h2-6H,7-13H2,1H3,(H,20,21,23). The van der Waals surface area contributed by atoms with Crippen LogP contribution in [0.2, 0.25) is 0 Å². The zero-order chi connectivity index (χ0) is 19.8. The Morgan fingerprint density at radius 3 is 2.64 bits per heavy atom. The van der Waals surface area contributed by atoms with Crippen LogP contribution in [0.1, 0.15) is 29.0 Å². The lowest BCUT2D eigenvalue weighted by Gasteiger charge is -2.35. The van der Waals surface area contributed by atoms with Crippen molar-refractivity contribution in [3.8, 4) is 0 Å². The minimum Gasteiger partial charge on any atom is -0.381 e. The number of anilines is 1. The van der Waals surface area contributed by atoms with E-state index in [1.165, 1.54) is 21.9 Å². The molecule has 2 aromatic rings. The second kappa shape index (κ2) is 7.55. The number of carbonyl (C=O) groups excluding carboxylic acids is 1. The highest BCUT2D eigenvalue weighted by molar-refractivity contribution is 7.88. The number of amides is 1. The van der Waals surface area contributed by atoms with Gasteiger partial charge in [0.25, 0.3) is 0 Å². The van der Waals surface area contributed by atoms with E-state index in [0.717, 1.165) is 16.1 Å². The second-order valence-electron chi connectivity index (χ2n) is 7.25. The molecule has 4 rings (SSSR count). The van der Waals surface area contributed by atoms with E-state index in [2.05, 4.69) is 10.3 Å². The lowest BCUT2D eigenvalue weighted by atomic mass is 9.73. The molecule has 1 amide bonds. The number of aromatic nitrogens is 1. The van der Waals surface area contributed by atoms with Gasteiger partial charge in [-0.05, 0) is 18.4 Å². The van der Waals surface area contributed by atoms with Gasteiger partial charge in [0.05, 0.1) is 17.4 Å². The Morgan fingerprint density at radius 1 is 1.25 bits per heavy atom. The fourth-order valence-corrected chi connectivity index (χ4v) is 5.74. The van der Waals surface area contributed by atoms with E-state index >= 15 is 0 Å². The van der Waals surface area contributed by atoms with E-state index < -0.39 is 15.4 Å². The van der Waals surface area contributed by atoms with Crippen molar-refractivity contribution in [2.45, 2.75) is 31.2 Å². The lowest BCUT2D eigenvalue weighted by molar-refractivity contribution is -0.125. The molecule has 1 saturated heterocycles. The van der Waals surface area contributed by atoms with Crippen LogP contribution in [-0.2, 0) is 37.9 Å². The summed E-state index contributed by atoms with van der Waals surface area (Å²) in [5, 5.41) is 3.54. The predicted molar refractivity (Wildman–Crippen MR) is 108 cm³/mol. The maximum atomic E-state index is 13.3. The van der Waals surface area contributed by atoms with Crippen molar-refractivity contribution in [1.82, 2.24) is 9.29 Å². The molecule has 0 spiro atoms. The van der Waals surface area contributed by atoms with Gasteiger partial charge in [0.2, 0.25) is 15.9 Å². The molecule has 150 valence electrons. The first kappa shape index (κ1) is 19.5. The molecule has 1 N–H and O–H groups in total. The van der Waals surface area contributed by atoms with Crippen LogP contribution < -0.4 is 5.32 Å². The molecule has 2 aliphatic heterocycles. The number of carbonyl (C=O) groups is 1. The maximum absolute atomic E-state index is 13.3. The molecule has 1 aromatic heterocycles. The molecule has 0 atom stereocenters. The fourth-order valence-electron chi connectivity index (χ4n) is 3.85. The third-order valence-electron chi connectivity index (χ3n) is 5.49. The van der Waals surface area contributed by atoms with Crippen molar-refractivity contribution in [1.29, 1.82) is 0 Å². The number of benzene rings is 1. The summed E-state index contributed by atoms with van der Waals surface area (Å²) >= 11 is 1.36. The molecule has 0 radical (unpaired) electrons. The summed E-state index contributed by atoms with van der Waals surface area (Å²) < 4.78 is 30.6. The summed E-state index contributed by atoms with van der Waals surface area (Å²) in [5.74, 6) is -0.0759. The van der Waals surface area contributed by atoms with Crippen LogP contribution in [0.15, 0.2) is 30.3 Å². The molecule has 9 heteroatoms.